The molecule has 2 rings (SSSR count). The van der Waals surface area contributed by atoms with E-state index in [4.69, 9.17) is 4.74 Å². The van der Waals surface area contributed by atoms with E-state index < -0.39 is 53.9 Å². The van der Waals surface area contributed by atoms with Crippen LogP contribution < -0.4 is 11.2 Å². The first-order chi connectivity index (χ1) is 10.7. The minimum atomic E-state index is -3.00. The number of rotatable bonds is 2. The molecule has 3 N–H and O–H groups in total. The van der Waals surface area contributed by atoms with Gasteiger partial charge in [0, 0.05) is 0 Å². The number of nitrogens with zero attached hydrogens (tertiary/aromatic N) is 1. The van der Waals surface area contributed by atoms with Crippen LogP contribution >= 0.6 is 0 Å². The van der Waals surface area contributed by atoms with E-state index in [1.165, 1.54) is 6.92 Å². The number of aliphatic hydroxyl groups excluding tert-OH is 2. The molecule has 5 atom stereocenters. The number of halogens is 3. The maximum absolute atomic E-state index is 15.1. The molecular formula is C13H13F3N2O5. The molecule has 23 heavy (non-hydrogen) atoms. The Balaban J connectivity index is 2.61. The smallest absolute Gasteiger partial charge is 0.330 e. The summed E-state index contributed by atoms with van der Waals surface area (Å²) in [5.41, 5.74) is -5.54. The maximum atomic E-state index is 15.1. The van der Waals surface area contributed by atoms with Crippen molar-refractivity contribution >= 4 is 0 Å². The maximum Gasteiger partial charge on any atom is 0.330 e. The van der Waals surface area contributed by atoms with Crippen LogP contribution in [0.4, 0.5) is 13.2 Å². The zero-order valence-electron chi connectivity index (χ0n) is 11.8. The van der Waals surface area contributed by atoms with Crippen molar-refractivity contribution in [3.05, 3.63) is 32.9 Å². The molecule has 1 aliphatic heterocycles. The Kier molecular flexibility index (Phi) is 4.65. The van der Waals surface area contributed by atoms with Crippen molar-refractivity contribution in [1.29, 1.82) is 0 Å². The molecule has 1 aliphatic rings. The predicted molar refractivity (Wildman–Crippen MR) is 70.5 cm³/mol. The van der Waals surface area contributed by atoms with Gasteiger partial charge in [-0.25, -0.2) is 13.6 Å². The SMILES string of the molecule is C[C@H](O)[C@H]1O[C@@H](n2cc(F)c(=O)[nH]c2=O)[C@@](F)(C#CCF)C1O. The summed E-state index contributed by atoms with van der Waals surface area (Å²) in [6.07, 6.45) is -6.50. The predicted octanol–water partition coefficient (Wildman–Crippen LogP) is -1.00. The molecule has 0 radical (unpaired) electrons. The van der Waals surface area contributed by atoms with E-state index in [2.05, 4.69) is 0 Å². The third kappa shape index (κ3) is 2.90. The van der Waals surface area contributed by atoms with E-state index in [-0.39, 0.29) is 0 Å². The lowest BCUT2D eigenvalue weighted by molar-refractivity contribution is -0.0806. The molecule has 0 aromatic carbocycles. The zero-order chi connectivity index (χ0) is 17.4. The Hall–Kier alpha value is -2.09. The van der Waals surface area contributed by atoms with Crippen molar-refractivity contribution in [1.82, 2.24) is 9.55 Å². The van der Waals surface area contributed by atoms with Crippen LogP contribution in [-0.4, -0.2) is 50.4 Å². The summed E-state index contributed by atoms with van der Waals surface area (Å²) in [4.78, 5) is 24.4. The van der Waals surface area contributed by atoms with Crippen LogP contribution in [0.2, 0.25) is 0 Å². The summed E-state index contributed by atoms with van der Waals surface area (Å²) in [6, 6.07) is 0. The summed E-state index contributed by atoms with van der Waals surface area (Å²) >= 11 is 0. The molecule has 0 amide bonds. The lowest BCUT2D eigenvalue weighted by Gasteiger charge is -2.24. The minimum Gasteiger partial charge on any atom is -0.391 e. The molecule has 1 saturated heterocycles. The van der Waals surface area contributed by atoms with E-state index in [0.717, 1.165) is 0 Å². The fourth-order valence-electron chi connectivity index (χ4n) is 2.29. The number of H-pyrrole nitrogens is 1. The van der Waals surface area contributed by atoms with Crippen LogP contribution in [0.3, 0.4) is 0 Å². The Bertz CT molecular complexity index is 765. The Labute approximate surface area is 127 Å². The largest absolute Gasteiger partial charge is 0.391 e. The second kappa shape index (κ2) is 6.19. The van der Waals surface area contributed by atoms with Gasteiger partial charge in [-0.2, -0.15) is 4.39 Å². The molecule has 1 fully saturated rings. The molecule has 0 aliphatic carbocycles. The summed E-state index contributed by atoms with van der Waals surface area (Å²) in [5.74, 6) is 2.17. The zero-order valence-corrected chi connectivity index (χ0v) is 11.8. The molecule has 126 valence electrons. The average molecular weight is 334 g/mol. The first kappa shape index (κ1) is 17.3. The number of alkyl halides is 2. The van der Waals surface area contributed by atoms with Crippen LogP contribution in [0.1, 0.15) is 13.2 Å². The van der Waals surface area contributed by atoms with Gasteiger partial charge >= 0.3 is 5.69 Å². The van der Waals surface area contributed by atoms with E-state index in [1.807, 2.05) is 0 Å². The van der Waals surface area contributed by atoms with Gasteiger partial charge in [0.2, 0.25) is 11.5 Å². The first-order valence-electron chi connectivity index (χ1n) is 6.49. The topological polar surface area (TPSA) is 105 Å². The monoisotopic (exact) mass is 334 g/mol. The summed E-state index contributed by atoms with van der Waals surface area (Å²) in [7, 11) is 0. The summed E-state index contributed by atoms with van der Waals surface area (Å²) in [5, 5.41) is 19.5. The molecule has 2 heterocycles. The molecule has 7 nitrogen and oxygen atoms in total. The van der Waals surface area contributed by atoms with E-state index in [1.54, 1.807) is 16.8 Å². The third-order valence-corrected chi connectivity index (χ3v) is 3.39. The van der Waals surface area contributed by atoms with E-state index in [0.29, 0.717) is 10.8 Å². The molecule has 0 saturated carbocycles. The van der Waals surface area contributed by atoms with E-state index >= 15 is 4.39 Å². The summed E-state index contributed by atoms with van der Waals surface area (Å²) < 4.78 is 46.1. The van der Waals surface area contributed by atoms with Gasteiger partial charge in [-0.15, -0.1) is 0 Å². The van der Waals surface area contributed by atoms with Crippen LogP contribution in [-0.2, 0) is 4.74 Å². The fourth-order valence-corrected chi connectivity index (χ4v) is 2.29. The number of hydrogen-bond acceptors (Lipinski definition) is 5. The van der Waals surface area contributed by atoms with Crippen molar-refractivity contribution in [3.63, 3.8) is 0 Å². The van der Waals surface area contributed by atoms with Crippen LogP contribution in [0.15, 0.2) is 15.8 Å². The van der Waals surface area contributed by atoms with Gasteiger partial charge in [-0.3, -0.25) is 14.3 Å². The molecule has 0 spiro atoms. The van der Waals surface area contributed by atoms with Gasteiger partial charge in [0.15, 0.2) is 6.23 Å². The van der Waals surface area contributed by atoms with Crippen molar-refractivity contribution < 1.29 is 28.1 Å². The molecular weight excluding hydrogens is 321 g/mol. The van der Waals surface area contributed by atoms with Gasteiger partial charge < -0.3 is 14.9 Å². The number of ether oxygens (including phenoxy) is 1. The molecule has 1 aromatic rings. The number of aromatic amines is 1. The summed E-state index contributed by atoms with van der Waals surface area (Å²) in [6.45, 7) is -0.0468. The molecule has 0 bridgehead atoms. The first-order valence-corrected chi connectivity index (χ1v) is 6.49. The van der Waals surface area contributed by atoms with Crippen LogP contribution in [0, 0.1) is 17.7 Å². The Morgan fingerprint density at radius 3 is 2.78 bits per heavy atom. The number of aliphatic hydroxyl groups is 2. The van der Waals surface area contributed by atoms with Crippen LogP contribution in [0.25, 0.3) is 0 Å². The van der Waals surface area contributed by atoms with E-state index in [9.17, 15) is 28.6 Å². The third-order valence-electron chi connectivity index (χ3n) is 3.39. The lowest BCUT2D eigenvalue weighted by Crippen LogP contribution is -2.46. The molecule has 10 heteroatoms. The lowest BCUT2D eigenvalue weighted by atomic mass is 9.94. The van der Waals surface area contributed by atoms with Gasteiger partial charge in [0.25, 0.3) is 5.56 Å². The highest BCUT2D eigenvalue weighted by molar-refractivity contribution is 5.24. The standard InChI is InChI=1S/C13H13F3N2O5/c1-6(19)8-9(20)13(16,3-2-4-14)11(23-8)18-5-7(15)10(21)17-12(18)22/h5-6,8-9,11,19-20H,4H2,1H3,(H,17,21,22)/t6-,8+,9?,11+,13+/m0/s1. The number of nitrogens with one attached hydrogen (secondary N) is 1. The average Bonchev–Trinajstić information content (AvgIpc) is 2.74. The highest BCUT2D eigenvalue weighted by atomic mass is 19.1. The highest BCUT2D eigenvalue weighted by Gasteiger charge is 2.59. The van der Waals surface area contributed by atoms with Crippen LogP contribution in [0.5, 0.6) is 0 Å². The second-order valence-electron chi connectivity index (χ2n) is 4.99. The highest BCUT2D eigenvalue weighted by Crippen LogP contribution is 2.41. The number of hydrogen-bond donors (Lipinski definition) is 3. The Morgan fingerprint density at radius 1 is 1.57 bits per heavy atom. The van der Waals surface area contributed by atoms with Crippen molar-refractivity contribution in [3.8, 4) is 11.8 Å². The quantitative estimate of drug-likeness (QED) is 0.602. The second-order valence-corrected chi connectivity index (χ2v) is 4.99. The minimum absolute atomic E-state index is 0.343. The van der Waals surface area contributed by atoms with Gasteiger partial charge in [0.05, 0.1) is 12.3 Å². The molecule has 1 unspecified atom stereocenters. The van der Waals surface area contributed by atoms with Gasteiger partial charge in [-0.1, -0.05) is 11.8 Å². The van der Waals surface area contributed by atoms with Gasteiger partial charge in [-0.05, 0) is 6.92 Å². The van der Waals surface area contributed by atoms with Gasteiger partial charge in [0.1, 0.15) is 18.9 Å². The fraction of sp³-hybridized carbons (Fsp3) is 0.538. The van der Waals surface area contributed by atoms with Crippen molar-refractivity contribution in [2.45, 2.75) is 37.1 Å². The number of aromatic nitrogens is 2. The normalized spacial score (nSPS) is 31.5. The van der Waals surface area contributed by atoms with Crippen molar-refractivity contribution in [2.75, 3.05) is 6.67 Å². The Morgan fingerprint density at radius 2 is 2.22 bits per heavy atom. The molecule has 1 aromatic heterocycles. The van der Waals surface area contributed by atoms with Crippen molar-refractivity contribution in [2.24, 2.45) is 0 Å².